The lowest BCUT2D eigenvalue weighted by molar-refractivity contribution is 0.0946. The van der Waals surface area contributed by atoms with E-state index < -0.39 is 5.56 Å². The Morgan fingerprint density at radius 1 is 1.16 bits per heavy atom. The number of hydrogen-bond acceptors (Lipinski definition) is 3. The van der Waals surface area contributed by atoms with Crippen LogP contribution in [0.2, 0.25) is 0 Å². The molecule has 1 heterocycles. The number of Topliss-reactive ketones (excluding diaryl/α,β-unsaturated/α-hetero) is 1. The summed E-state index contributed by atoms with van der Waals surface area (Å²) in [6.45, 7) is 0. The van der Waals surface area contributed by atoms with E-state index in [0.717, 1.165) is 12.8 Å². The van der Waals surface area contributed by atoms with Gasteiger partial charge in [0, 0.05) is 29.6 Å². The van der Waals surface area contributed by atoms with Crippen molar-refractivity contribution >= 4 is 11.7 Å². The van der Waals surface area contributed by atoms with Crippen molar-refractivity contribution in [3.8, 4) is 0 Å². The molecule has 0 aliphatic heterocycles. The summed E-state index contributed by atoms with van der Waals surface area (Å²) in [4.78, 5) is 39.6. The standard InChI is InChI=1S/C20H18N2O3/c23-16-7-3-6-15-12(16)9-14(19(24)21-15)20(25)22-18-13-8-10-4-1-2-5-11(10)17(13)18/h1-2,4-5,9,13,17-18H,3,6-8H2,(H,21,24)(H,22,25)/t13-,17+,18+/m0/s1. The molecule has 2 aromatic rings. The number of nitrogens with one attached hydrogen (secondary N) is 2. The van der Waals surface area contributed by atoms with E-state index >= 15 is 0 Å². The van der Waals surface area contributed by atoms with Gasteiger partial charge in [0.05, 0.1) is 0 Å². The third-order valence-corrected chi connectivity index (χ3v) is 5.83. The van der Waals surface area contributed by atoms with Crippen molar-refractivity contribution in [2.75, 3.05) is 0 Å². The van der Waals surface area contributed by atoms with Crippen molar-refractivity contribution in [1.82, 2.24) is 10.3 Å². The number of benzene rings is 1. The Bertz CT molecular complexity index is 975. The van der Waals surface area contributed by atoms with Crippen molar-refractivity contribution in [2.45, 2.75) is 37.6 Å². The zero-order valence-electron chi connectivity index (χ0n) is 13.7. The number of pyridine rings is 1. The molecular weight excluding hydrogens is 316 g/mol. The highest BCUT2D eigenvalue weighted by atomic mass is 16.2. The summed E-state index contributed by atoms with van der Waals surface area (Å²) in [5.41, 5.74) is 3.48. The fraction of sp³-hybridized carbons (Fsp3) is 0.350. The number of amides is 1. The number of rotatable bonds is 2. The minimum Gasteiger partial charge on any atom is -0.348 e. The summed E-state index contributed by atoms with van der Waals surface area (Å²) in [5, 5.41) is 3.01. The molecule has 5 heteroatoms. The first-order valence-corrected chi connectivity index (χ1v) is 8.81. The van der Waals surface area contributed by atoms with Crippen LogP contribution >= 0.6 is 0 Å². The first kappa shape index (κ1) is 14.6. The molecule has 1 saturated carbocycles. The highest BCUT2D eigenvalue weighted by Crippen LogP contribution is 2.56. The Morgan fingerprint density at radius 2 is 2.00 bits per heavy atom. The maximum Gasteiger partial charge on any atom is 0.261 e. The zero-order chi connectivity index (χ0) is 17.1. The van der Waals surface area contributed by atoms with Crippen molar-refractivity contribution in [3.63, 3.8) is 0 Å². The third kappa shape index (κ3) is 2.18. The van der Waals surface area contributed by atoms with E-state index in [9.17, 15) is 14.4 Å². The van der Waals surface area contributed by atoms with Crippen LogP contribution in [0.4, 0.5) is 0 Å². The van der Waals surface area contributed by atoms with E-state index in [1.54, 1.807) is 0 Å². The second-order valence-corrected chi connectivity index (χ2v) is 7.27. The monoisotopic (exact) mass is 334 g/mol. The Balaban J connectivity index is 1.39. The second kappa shape index (κ2) is 5.15. The van der Waals surface area contributed by atoms with Gasteiger partial charge in [0.15, 0.2) is 5.78 Å². The maximum absolute atomic E-state index is 12.6. The summed E-state index contributed by atoms with van der Waals surface area (Å²) in [6.07, 6.45) is 2.88. The number of aromatic nitrogens is 1. The van der Waals surface area contributed by atoms with Crippen LogP contribution in [0, 0.1) is 5.92 Å². The van der Waals surface area contributed by atoms with Crippen LogP contribution in [0.1, 0.15) is 56.3 Å². The maximum atomic E-state index is 12.6. The molecule has 2 N–H and O–H groups in total. The van der Waals surface area contributed by atoms with Crippen molar-refractivity contribution < 1.29 is 9.59 Å². The smallest absolute Gasteiger partial charge is 0.261 e. The molecule has 3 aliphatic carbocycles. The molecule has 0 saturated heterocycles. The zero-order valence-corrected chi connectivity index (χ0v) is 13.7. The molecule has 1 amide bonds. The summed E-state index contributed by atoms with van der Waals surface area (Å²) in [6, 6.07) is 9.90. The van der Waals surface area contributed by atoms with Gasteiger partial charge in [-0.1, -0.05) is 24.3 Å². The Morgan fingerprint density at radius 3 is 2.88 bits per heavy atom. The molecular formula is C20H18N2O3. The number of carbonyl (C=O) groups excluding carboxylic acids is 2. The number of ketones is 1. The topological polar surface area (TPSA) is 79.0 Å². The Hall–Kier alpha value is -2.69. The van der Waals surface area contributed by atoms with Crippen molar-refractivity contribution in [3.05, 3.63) is 68.6 Å². The third-order valence-electron chi connectivity index (χ3n) is 5.83. The molecule has 0 unspecified atom stereocenters. The first-order valence-electron chi connectivity index (χ1n) is 8.81. The highest BCUT2D eigenvalue weighted by molar-refractivity contribution is 6.01. The molecule has 0 bridgehead atoms. The van der Waals surface area contributed by atoms with E-state index in [0.29, 0.717) is 35.9 Å². The summed E-state index contributed by atoms with van der Waals surface area (Å²) < 4.78 is 0. The number of aromatic amines is 1. The molecule has 0 spiro atoms. The normalized spacial score (nSPS) is 25.8. The van der Waals surface area contributed by atoms with Gasteiger partial charge in [-0.05, 0) is 42.4 Å². The van der Waals surface area contributed by atoms with Crippen LogP contribution < -0.4 is 10.9 Å². The predicted molar refractivity (Wildman–Crippen MR) is 92.0 cm³/mol. The van der Waals surface area contributed by atoms with Crippen LogP contribution in [0.3, 0.4) is 0 Å². The fourth-order valence-electron chi connectivity index (χ4n) is 4.52. The van der Waals surface area contributed by atoms with Gasteiger partial charge in [-0.3, -0.25) is 14.4 Å². The molecule has 1 fully saturated rings. The van der Waals surface area contributed by atoms with Gasteiger partial charge in [-0.25, -0.2) is 0 Å². The lowest BCUT2D eigenvalue weighted by atomic mass is 9.93. The Kier molecular flexibility index (Phi) is 3.02. The van der Waals surface area contributed by atoms with Crippen LogP contribution in [-0.2, 0) is 12.8 Å². The number of hydrogen-bond donors (Lipinski definition) is 2. The molecule has 0 radical (unpaired) electrons. The number of carbonyl (C=O) groups is 2. The molecule has 5 rings (SSSR count). The van der Waals surface area contributed by atoms with Gasteiger partial charge in [0.25, 0.3) is 11.5 Å². The fourth-order valence-corrected chi connectivity index (χ4v) is 4.52. The van der Waals surface area contributed by atoms with Crippen LogP contribution in [0.5, 0.6) is 0 Å². The van der Waals surface area contributed by atoms with Gasteiger partial charge in [0.2, 0.25) is 0 Å². The van der Waals surface area contributed by atoms with E-state index in [1.807, 2.05) is 12.1 Å². The average molecular weight is 334 g/mol. The first-order chi connectivity index (χ1) is 12.1. The van der Waals surface area contributed by atoms with E-state index in [4.69, 9.17) is 0 Å². The van der Waals surface area contributed by atoms with E-state index in [2.05, 4.69) is 22.4 Å². The summed E-state index contributed by atoms with van der Waals surface area (Å²) in [7, 11) is 0. The van der Waals surface area contributed by atoms with Gasteiger partial charge in [-0.15, -0.1) is 0 Å². The van der Waals surface area contributed by atoms with E-state index in [1.165, 1.54) is 17.2 Å². The van der Waals surface area contributed by atoms with Gasteiger partial charge < -0.3 is 10.3 Å². The van der Waals surface area contributed by atoms with Crippen LogP contribution in [-0.4, -0.2) is 22.7 Å². The number of H-pyrrole nitrogens is 1. The largest absolute Gasteiger partial charge is 0.348 e. The lowest BCUT2D eigenvalue weighted by Crippen LogP contribution is -2.34. The van der Waals surface area contributed by atoms with Gasteiger partial charge in [0.1, 0.15) is 5.56 Å². The molecule has 1 aromatic carbocycles. The van der Waals surface area contributed by atoms with Gasteiger partial charge in [-0.2, -0.15) is 0 Å². The predicted octanol–water partition coefficient (Wildman–Crippen LogP) is 1.96. The Labute approximate surface area is 144 Å². The SMILES string of the molecule is O=C1CCCc2[nH]c(=O)c(C(=O)N[C@@H]3[C@H]4Cc5ccccc5[C@H]43)cc21. The van der Waals surface area contributed by atoms with Crippen molar-refractivity contribution in [2.24, 2.45) is 5.92 Å². The molecule has 126 valence electrons. The lowest BCUT2D eigenvalue weighted by Gasteiger charge is -2.15. The minimum absolute atomic E-state index is 0.00349. The van der Waals surface area contributed by atoms with Crippen molar-refractivity contribution in [1.29, 1.82) is 0 Å². The summed E-state index contributed by atoms with van der Waals surface area (Å²) >= 11 is 0. The molecule has 3 aliphatic rings. The molecule has 3 atom stereocenters. The van der Waals surface area contributed by atoms with Crippen LogP contribution in [0.25, 0.3) is 0 Å². The molecule has 25 heavy (non-hydrogen) atoms. The quantitative estimate of drug-likeness (QED) is 0.881. The number of fused-ring (bicyclic) bond motifs is 4. The molecule has 5 nitrogen and oxygen atoms in total. The minimum atomic E-state index is -0.405. The molecule has 1 aromatic heterocycles. The highest BCUT2D eigenvalue weighted by Gasteiger charge is 2.56. The number of aryl methyl sites for hydroxylation is 1. The average Bonchev–Trinajstić information content (AvgIpc) is 3.11. The van der Waals surface area contributed by atoms with Gasteiger partial charge >= 0.3 is 0 Å². The second-order valence-electron chi connectivity index (χ2n) is 7.27. The van der Waals surface area contributed by atoms with E-state index in [-0.39, 0.29) is 23.3 Å². The summed E-state index contributed by atoms with van der Waals surface area (Å²) in [5.74, 6) is 0.418. The van der Waals surface area contributed by atoms with Crippen LogP contribution in [0.15, 0.2) is 35.1 Å².